The van der Waals surface area contributed by atoms with E-state index in [-0.39, 0.29) is 5.54 Å². The van der Waals surface area contributed by atoms with Crippen LogP contribution >= 0.6 is 0 Å². The summed E-state index contributed by atoms with van der Waals surface area (Å²) < 4.78 is 0. The molecule has 3 heteroatoms. The van der Waals surface area contributed by atoms with Crippen molar-refractivity contribution < 1.29 is 0 Å². The summed E-state index contributed by atoms with van der Waals surface area (Å²) in [6, 6.07) is 9.07. The van der Waals surface area contributed by atoms with Crippen molar-refractivity contribution >= 4 is 5.69 Å². The monoisotopic (exact) mass is 279 g/mol. The number of anilines is 1. The molecule has 108 valence electrons. The fourth-order valence-corrected chi connectivity index (χ4v) is 4.37. The highest BCUT2D eigenvalue weighted by Crippen LogP contribution is 2.55. The van der Waals surface area contributed by atoms with Crippen molar-refractivity contribution in [3.63, 3.8) is 0 Å². The third-order valence-electron chi connectivity index (χ3n) is 5.29. The fourth-order valence-electron chi connectivity index (χ4n) is 4.37. The summed E-state index contributed by atoms with van der Waals surface area (Å²) >= 11 is 0. The second kappa shape index (κ2) is 4.55. The normalized spacial score (nSPS) is 22.8. The molecule has 0 N–H and O–H groups in total. The number of hydrogen-bond donors (Lipinski definition) is 0. The molecule has 2 aliphatic rings. The first-order valence-electron chi connectivity index (χ1n) is 7.89. The Morgan fingerprint density at radius 3 is 2.71 bits per heavy atom. The number of nitrogens with zero attached hydrogens (tertiary/aromatic N) is 3. The molecule has 0 radical (unpaired) electrons. The van der Waals surface area contributed by atoms with E-state index in [1.165, 1.54) is 48.2 Å². The van der Waals surface area contributed by atoms with Crippen molar-refractivity contribution in [2.45, 2.75) is 51.1 Å². The Kier molecular flexibility index (Phi) is 2.78. The van der Waals surface area contributed by atoms with Crippen LogP contribution in [0.2, 0.25) is 0 Å². The first kappa shape index (κ1) is 12.8. The summed E-state index contributed by atoms with van der Waals surface area (Å²) in [6.07, 6.45) is 8.72. The highest BCUT2D eigenvalue weighted by molar-refractivity contribution is 5.62. The largest absolute Gasteiger partial charge is 0.353 e. The molecule has 1 aromatic heterocycles. The van der Waals surface area contributed by atoms with Crippen molar-refractivity contribution in [1.29, 1.82) is 0 Å². The number of aryl methyl sites for hydroxylation is 1. The van der Waals surface area contributed by atoms with Gasteiger partial charge in [-0.3, -0.25) is 0 Å². The van der Waals surface area contributed by atoms with Crippen LogP contribution in [0.15, 0.2) is 36.8 Å². The van der Waals surface area contributed by atoms with Gasteiger partial charge >= 0.3 is 0 Å². The van der Waals surface area contributed by atoms with Crippen molar-refractivity contribution in [3.05, 3.63) is 53.6 Å². The van der Waals surface area contributed by atoms with Gasteiger partial charge < -0.3 is 4.90 Å². The van der Waals surface area contributed by atoms with Crippen LogP contribution in [0.4, 0.5) is 5.69 Å². The number of hydrogen-bond acceptors (Lipinski definition) is 3. The summed E-state index contributed by atoms with van der Waals surface area (Å²) in [7, 11) is 0. The lowest BCUT2D eigenvalue weighted by Crippen LogP contribution is -2.40. The van der Waals surface area contributed by atoms with Gasteiger partial charge in [0.15, 0.2) is 0 Å². The molecule has 2 aromatic rings. The van der Waals surface area contributed by atoms with E-state index in [1.54, 1.807) is 6.33 Å². The van der Waals surface area contributed by atoms with Gasteiger partial charge in [0.05, 0.1) is 17.3 Å². The van der Waals surface area contributed by atoms with Crippen LogP contribution in [0, 0.1) is 6.92 Å². The maximum Gasteiger partial charge on any atom is 0.115 e. The zero-order valence-corrected chi connectivity index (χ0v) is 12.7. The van der Waals surface area contributed by atoms with Gasteiger partial charge in [-0.15, -0.1) is 0 Å². The van der Waals surface area contributed by atoms with E-state index in [9.17, 15) is 0 Å². The molecular formula is C18H21N3. The minimum atomic E-state index is 0.0871. The van der Waals surface area contributed by atoms with Gasteiger partial charge in [0.25, 0.3) is 0 Å². The van der Waals surface area contributed by atoms with Gasteiger partial charge in [0.2, 0.25) is 0 Å². The summed E-state index contributed by atoms with van der Waals surface area (Å²) in [6.45, 7) is 4.50. The Bertz CT molecular complexity index is 674. The minimum Gasteiger partial charge on any atom is -0.353 e. The van der Waals surface area contributed by atoms with Gasteiger partial charge in [0, 0.05) is 17.4 Å². The molecule has 1 saturated carbocycles. The van der Waals surface area contributed by atoms with Gasteiger partial charge in [-0.1, -0.05) is 31.0 Å². The molecule has 1 fully saturated rings. The Morgan fingerprint density at radius 1 is 1.19 bits per heavy atom. The number of benzene rings is 1. The van der Waals surface area contributed by atoms with E-state index in [4.69, 9.17) is 4.98 Å². The predicted octanol–water partition coefficient (Wildman–Crippen LogP) is 4.14. The van der Waals surface area contributed by atoms with Crippen molar-refractivity contribution in [1.82, 2.24) is 9.97 Å². The standard InChI is InChI=1S/C18H21N3/c1-13-7-3-4-8-16(13)21-14(2)15-11-19-12-20-17(15)18(21)9-5-6-10-18/h3-4,7-8,11-12,14H,5-6,9-10H2,1-2H3/t14-/m0/s1. The smallest absolute Gasteiger partial charge is 0.115 e. The number of para-hydroxylation sites is 1. The molecule has 1 aliphatic heterocycles. The maximum absolute atomic E-state index is 4.70. The predicted molar refractivity (Wildman–Crippen MR) is 84.3 cm³/mol. The second-order valence-electron chi connectivity index (χ2n) is 6.40. The zero-order chi connectivity index (χ0) is 14.4. The van der Waals surface area contributed by atoms with Crippen LogP contribution in [-0.2, 0) is 5.54 Å². The van der Waals surface area contributed by atoms with E-state index in [2.05, 4.69) is 48.0 Å². The van der Waals surface area contributed by atoms with Gasteiger partial charge in [0.1, 0.15) is 6.33 Å². The molecule has 21 heavy (non-hydrogen) atoms. The summed E-state index contributed by atoms with van der Waals surface area (Å²) in [4.78, 5) is 11.6. The van der Waals surface area contributed by atoms with Gasteiger partial charge in [-0.25, -0.2) is 9.97 Å². The molecule has 4 rings (SSSR count). The molecule has 3 nitrogen and oxygen atoms in total. The van der Waals surface area contributed by atoms with E-state index in [1.807, 2.05) is 6.20 Å². The molecule has 1 aromatic carbocycles. The highest BCUT2D eigenvalue weighted by Gasteiger charge is 2.51. The Morgan fingerprint density at radius 2 is 1.95 bits per heavy atom. The van der Waals surface area contributed by atoms with Crippen LogP contribution in [0.25, 0.3) is 0 Å². The molecule has 0 bridgehead atoms. The molecule has 0 amide bonds. The van der Waals surface area contributed by atoms with Crippen LogP contribution in [0.1, 0.15) is 55.5 Å². The Balaban J connectivity index is 1.93. The summed E-state index contributed by atoms with van der Waals surface area (Å²) in [5.74, 6) is 0. The number of fused-ring (bicyclic) bond motifs is 2. The van der Waals surface area contributed by atoms with Gasteiger partial charge in [-0.2, -0.15) is 0 Å². The first-order valence-corrected chi connectivity index (χ1v) is 7.89. The van der Waals surface area contributed by atoms with Gasteiger partial charge in [-0.05, 0) is 38.3 Å². The third-order valence-corrected chi connectivity index (χ3v) is 5.29. The highest BCUT2D eigenvalue weighted by atomic mass is 15.3. The lowest BCUT2D eigenvalue weighted by atomic mass is 9.92. The van der Waals surface area contributed by atoms with Crippen molar-refractivity contribution in [2.24, 2.45) is 0 Å². The molecule has 0 unspecified atom stereocenters. The van der Waals surface area contributed by atoms with Crippen LogP contribution in [0.3, 0.4) is 0 Å². The SMILES string of the molecule is Cc1ccccc1N1[C@@H](C)c2cncnc2C12CCCC2. The lowest BCUT2D eigenvalue weighted by molar-refractivity contribution is 0.407. The lowest BCUT2D eigenvalue weighted by Gasteiger charge is -2.40. The molecule has 1 spiro atoms. The molecule has 2 heterocycles. The van der Waals surface area contributed by atoms with E-state index in [0.717, 1.165) is 0 Å². The van der Waals surface area contributed by atoms with Crippen LogP contribution in [0.5, 0.6) is 0 Å². The zero-order valence-electron chi connectivity index (χ0n) is 12.7. The Hall–Kier alpha value is -1.90. The van der Waals surface area contributed by atoms with Crippen molar-refractivity contribution in [3.8, 4) is 0 Å². The molecule has 1 aliphatic carbocycles. The maximum atomic E-state index is 4.70. The topological polar surface area (TPSA) is 29.0 Å². The van der Waals surface area contributed by atoms with E-state index in [0.29, 0.717) is 6.04 Å². The van der Waals surface area contributed by atoms with Crippen molar-refractivity contribution in [2.75, 3.05) is 4.90 Å². The second-order valence-corrected chi connectivity index (χ2v) is 6.40. The quantitative estimate of drug-likeness (QED) is 0.785. The molecular weight excluding hydrogens is 258 g/mol. The fraction of sp³-hybridized carbons (Fsp3) is 0.444. The summed E-state index contributed by atoms with van der Waals surface area (Å²) in [5, 5.41) is 0. The molecule has 1 atom stereocenters. The number of aromatic nitrogens is 2. The summed E-state index contributed by atoms with van der Waals surface area (Å²) in [5.41, 5.74) is 5.36. The minimum absolute atomic E-state index is 0.0871. The van der Waals surface area contributed by atoms with E-state index < -0.39 is 0 Å². The first-order chi connectivity index (χ1) is 10.2. The van der Waals surface area contributed by atoms with Crippen LogP contribution < -0.4 is 4.90 Å². The average molecular weight is 279 g/mol. The molecule has 0 saturated heterocycles. The van der Waals surface area contributed by atoms with E-state index >= 15 is 0 Å². The average Bonchev–Trinajstić information content (AvgIpc) is 3.07. The Labute approximate surface area is 126 Å². The van der Waals surface area contributed by atoms with Crippen LogP contribution in [-0.4, -0.2) is 9.97 Å². The third kappa shape index (κ3) is 1.66. The number of rotatable bonds is 1.